The van der Waals surface area contributed by atoms with Crippen LogP contribution in [0.1, 0.15) is 6.42 Å². The van der Waals surface area contributed by atoms with Crippen molar-refractivity contribution in [1.29, 1.82) is 0 Å². The molecule has 6 rings (SSSR count). The van der Waals surface area contributed by atoms with Gasteiger partial charge in [-0.25, -0.2) is 4.39 Å². The zero-order valence-electron chi connectivity index (χ0n) is 7.49. The molecule has 0 heterocycles. The van der Waals surface area contributed by atoms with Crippen molar-refractivity contribution in [2.75, 3.05) is 0 Å². The summed E-state index contributed by atoms with van der Waals surface area (Å²) in [5, 5.41) is 0. The quantitative estimate of drug-likeness (QED) is 0.493. The molecular formula is C11H10FIO. The van der Waals surface area contributed by atoms with E-state index in [1.54, 1.807) is 0 Å². The van der Waals surface area contributed by atoms with E-state index in [-0.39, 0.29) is 21.7 Å². The average Bonchev–Trinajstić information content (AvgIpc) is 2.81. The zero-order chi connectivity index (χ0) is 9.40. The van der Waals surface area contributed by atoms with Crippen LogP contribution in [0.2, 0.25) is 0 Å². The summed E-state index contributed by atoms with van der Waals surface area (Å²) in [6.45, 7) is 0. The number of ketones is 1. The molecule has 6 bridgehead atoms. The van der Waals surface area contributed by atoms with Crippen LogP contribution in [0.5, 0.6) is 0 Å². The first kappa shape index (κ1) is 7.58. The number of carbonyl (C=O) groups excluding carboxylic acids is 1. The molecule has 0 N–H and O–H groups in total. The normalized spacial score (nSPS) is 80.3. The van der Waals surface area contributed by atoms with Crippen LogP contribution in [0.3, 0.4) is 0 Å². The van der Waals surface area contributed by atoms with Crippen molar-refractivity contribution in [2.45, 2.75) is 16.0 Å². The molecule has 3 heteroatoms. The van der Waals surface area contributed by atoms with Gasteiger partial charge in [0.25, 0.3) is 0 Å². The highest BCUT2D eigenvalue weighted by molar-refractivity contribution is 14.1. The van der Waals surface area contributed by atoms with Gasteiger partial charge >= 0.3 is 0 Å². The lowest BCUT2D eigenvalue weighted by molar-refractivity contribution is -0.122. The van der Waals surface area contributed by atoms with Gasteiger partial charge in [0, 0.05) is 15.8 Å². The Labute approximate surface area is 94.9 Å². The van der Waals surface area contributed by atoms with Crippen molar-refractivity contribution in [3.63, 3.8) is 0 Å². The monoisotopic (exact) mass is 304 g/mol. The molecule has 0 aromatic rings. The Morgan fingerprint density at radius 2 is 2.14 bits per heavy atom. The first-order valence-corrected chi connectivity index (χ1v) is 6.78. The SMILES string of the molecule is O=C1C2C3CC4C5C3C1C(F)(C5I)C42. The van der Waals surface area contributed by atoms with Crippen LogP contribution in [0, 0.1) is 41.4 Å². The summed E-state index contributed by atoms with van der Waals surface area (Å²) >= 11 is 2.30. The van der Waals surface area contributed by atoms with Gasteiger partial charge in [-0.2, -0.15) is 0 Å². The molecule has 6 saturated carbocycles. The Morgan fingerprint density at radius 1 is 1.36 bits per heavy atom. The van der Waals surface area contributed by atoms with E-state index in [9.17, 15) is 9.18 Å². The lowest BCUT2D eigenvalue weighted by Gasteiger charge is -2.35. The Bertz CT molecular complexity index is 395. The second-order valence-electron chi connectivity index (χ2n) is 5.88. The Morgan fingerprint density at radius 3 is 2.86 bits per heavy atom. The number of halogens is 2. The number of alkyl halides is 2. The first-order chi connectivity index (χ1) is 6.67. The van der Waals surface area contributed by atoms with Crippen LogP contribution < -0.4 is 0 Å². The highest BCUT2D eigenvalue weighted by Gasteiger charge is 2.90. The molecule has 9 unspecified atom stereocenters. The molecule has 0 spiro atoms. The highest BCUT2D eigenvalue weighted by atomic mass is 127. The minimum atomic E-state index is -1.06. The van der Waals surface area contributed by atoms with Crippen LogP contribution in [-0.4, -0.2) is 15.4 Å². The molecule has 0 aliphatic heterocycles. The summed E-state index contributed by atoms with van der Waals surface area (Å²) in [6.07, 6.45) is 1.18. The van der Waals surface area contributed by atoms with Crippen LogP contribution in [-0.2, 0) is 4.79 Å². The van der Waals surface area contributed by atoms with Crippen molar-refractivity contribution < 1.29 is 9.18 Å². The molecule has 6 aliphatic rings. The summed E-state index contributed by atoms with van der Waals surface area (Å²) in [5.74, 6) is 2.71. The molecular weight excluding hydrogens is 294 g/mol. The third-order valence-corrected chi connectivity index (χ3v) is 7.84. The number of hydrogen-bond donors (Lipinski definition) is 0. The Balaban J connectivity index is 1.92. The fourth-order valence-electron chi connectivity index (χ4n) is 6.14. The predicted octanol–water partition coefficient (Wildman–Crippen LogP) is 1.84. The van der Waals surface area contributed by atoms with Crippen molar-refractivity contribution in [3.8, 4) is 0 Å². The van der Waals surface area contributed by atoms with Gasteiger partial charge < -0.3 is 0 Å². The summed E-state index contributed by atoms with van der Waals surface area (Å²) in [7, 11) is 0. The second-order valence-corrected chi connectivity index (χ2v) is 7.22. The lowest BCUT2D eigenvalue weighted by Crippen LogP contribution is -2.42. The molecule has 0 amide bonds. The van der Waals surface area contributed by atoms with E-state index in [0.29, 0.717) is 29.5 Å². The molecule has 0 aromatic heterocycles. The van der Waals surface area contributed by atoms with Crippen molar-refractivity contribution in [2.24, 2.45) is 41.4 Å². The van der Waals surface area contributed by atoms with Crippen molar-refractivity contribution in [1.82, 2.24) is 0 Å². The second kappa shape index (κ2) is 1.72. The smallest absolute Gasteiger partial charge is 0.143 e. The predicted molar refractivity (Wildman–Crippen MR) is 55.7 cm³/mol. The van der Waals surface area contributed by atoms with E-state index in [4.69, 9.17) is 0 Å². The van der Waals surface area contributed by atoms with Gasteiger partial charge in [-0.1, -0.05) is 22.6 Å². The largest absolute Gasteiger partial charge is 0.299 e. The lowest BCUT2D eigenvalue weighted by atomic mass is 9.70. The Hall–Kier alpha value is 0.330. The van der Waals surface area contributed by atoms with Crippen LogP contribution >= 0.6 is 22.6 Å². The van der Waals surface area contributed by atoms with E-state index in [2.05, 4.69) is 22.6 Å². The van der Waals surface area contributed by atoms with Gasteiger partial charge in [0.1, 0.15) is 11.5 Å². The maximum atomic E-state index is 14.9. The molecule has 0 saturated heterocycles. The molecule has 1 nitrogen and oxygen atoms in total. The van der Waals surface area contributed by atoms with Gasteiger partial charge in [0.05, 0.1) is 5.92 Å². The van der Waals surface area contributed by atoms with Crippen LogP contribution in [0.25, 0.3) is 0 Å². The van der Waals surface area contributed by atoms with Crippen molar-refractivity contribution in [3.05, 3.63) is 0 Å². The molecule has 14 heavy (non-hydrogen) atoms. The summed E-state index contributed by atoms with van der Waals surface area (Å²) in [5.41, 5.74) is -1.06. The van der Waals surface area contributed by atoms with E-state index in [0.717, 1.165) is 0 Å². The van der Waals surface area contributed by atoms with Gasteiger partial charge in [0.2, 0.25) is 0 Å². The topological polar surface area (TPSA) is 17.1 Å². The van der Waals surface area contributed by atoms with Gasteiger partial charge in [-0.15, -0.1) is 0 Å². The van der Waals surface area contributed by atoms with E-state index >= 15 is 0 Å². The third-order valence-electron chi connectivity index (χ3n) is 6.06. The summed E-state index contributed by atoms with van der Waals surface area (Å²) < 4.78 is 15.1. The molecule has 0 aromatic carbocycles. The first-order valence-electron chi connectivity index (χ1n) is 5.54. The molecule has 6 aliphatic carbocycles. The molecule has 6 fully saturated rings. The maximum Gasteiger partial charge on any atom is 0.143 e. The van der Waals surface area contributed by atoms with E-state index < -0.39 is 5.67 Å². The molecule has 9 atom stereocenters. The number of Topliss-reactive ketones (excluding diaryl/α,β-unsaturated/α-hetero) is 1. The van der Waals surface area contributed by atoms with Crippen LogP contribution in [0.4, 0.5) is 4.39 Å². The summed E-state index contributed by atoms with van der Waals surface area (Å²) in [4.78, 5) is 12.0. The number of carbonyl (C=O) groups is 1. The number of rotatable bonds is 0. The highest BCUT2D eigenvalue weighted by Crippen LogP contribution is 2.84. The standard InChI is InChI=1S/C11H10FIO/c12-11-7-3-1-2-4(5(3)10(11)13)8(11)9(14)6(2)7/h2-8,10H,1H2. The number of hydrogen-bond acceptors (Lipinski definition) is 1. The molecule has 74 valence electrons. The average molecular weight is 304 g/mol. The third kappa shape index (κ3) is 0.407. The van der Waals surface area contributed by atoms with Gasteiger partial charge in [-0.3, -0.25) is 4.79 Å². The molecule has 0 radical (unpaired) electrons. The minimum absolute atomic E-state index is 0.155. The maximum absolute atomic E-state index is 14.9. The minimum Gasteiger partial charge on any atom is -0.299 e. The van der Waals surface area contributed by atoms with E-state index in [1.165, 1.54) is 6.42 Å². The van der Waals surface area contributed by atoms with Crippen LogP contribution in [0.15, 0.2) is 0 Å². The fourth-order valence-corrected chi connectivity index (χ4v) is 7.96. The van der Waals surface area contributed by atoms with Gasteiger partial charge in [0.15, 0.2) is 0 Å². The fraction of sp³-hybridized carbons (Fsp3) is 0.909. The summed E-state index contributed by atoms with van der Waals surface area (Å²) in [6, 6.07) is 0. The van der Waals surface area contributed by atoms with E-state index in [1.807, 2.05) is 0 Å². The zero-order valence-corrected chi connectivity index (χ0v) is 9.65. The van der Waals surface area contributed by atoms with Gasteiger partial charge in [-0.05, 0) is 30.1 Å². The van der Waals surface area contributed by atoms with Crippen molar-refractivity contribution >= 4 is 28.4 Å². The Kier molecular flexibility index (Phi) is 0.931.